The van der Waals surface area contributed by atoms with E-state index in [4.69, 9.17) is 0 Å². The SMILES string of the molecule is Cl.Oc1ccc2ccccc2c1[C@H]1CCN1. The molecule has 0 aromatic heterocycles. The van der Waals surface area contributed by atoms with E-state index >= 15 is 0 Å². The molecule has 1 fully saturated rings. The molecule has 1 aliphatic heterocycles. The van der Waals surface area contributed by atoms with Gasteiger partial charge in [-0.1, -0.05) is 30.3 Å². The van der Waals surface area contributed by atoms with Crippen LogP contribution in [0.15, 0.2) is 36.4 Å². The van der Waals surface area contributed by atoms with Crippen LogP contribution in [-0.2, 0) is 0 Å². The lowest BCUT2D eigenvalue weighted by Gasteiger charge is -2.29. The van der Waals surface area contributed by atoms with E-state index in [1.54, 1.807) is 6.07 Å². The number of hydrogen-bond acceptors (Lipinski definition) is 2. The number of rotatable bonds is 1. The Labute approximate surface area is 101 Å². The second-order valence-corrected chi connectivity index (χ2v) is 4.01. The Morgan fingerprint density at radius 1 is 1.12 bits per heavy atom. The minimum absolute atomic E-state index is 0. The molecule has 2 aromatic carbocycles. The van der Waals surface area contributed by atoms with Gasteiger partial charge in [0.25, 0.3) is 0 Å². The summed E-state index contributed by atoms with van der Waals surface area (Å²) in [6.07, 6.45) is 1.11. The summed E-state index contributed by atoms with van der Waals surface area (Å²) in [6.45, 7) is 1.05. The number of hydrogen-bond donors (Lipinski definition) is 2. The highest BCUT2D eigenvalue weighted by Crippen LogP contribution is 2.36. The fourth-order valence-electron chi connectivity index (χ4n) is 2.19. The van der Waals surface area contributed by atoms with Crippen LogP contribution in [0.5, 0.6) is 5.75 Å². The molecule has 1 saturated heterocycles. The molecule has 3 heteroatoms. The molecule has 2 aromatic rings. The zero-order chi connectivity index (χ0) is 10.3. The van der Waals surface area contributed by atoms with Gasteiger partial charge < -0.3 is 10.4 Å². The molecule has 0 unspecified atom stereocenters. The topological polar surface area (TPSA) is 32.3 Å². The lowest BCUT2D eigenvalue weighted by Crippen LogP contribution is -2.35. The zero-order valence-electron chi connectivity index (χ0n) is 8.81. The standard InChI is InChI=1S/C13H13NO.ClH/c15-12-6-5-9-3-1-2-4-10(9)13(12)11-7-8-14-11;/h1-6,11,14-15H,7-8H2;1H/t11-;/m1./s1. The zero-order valence-corrected chi connectivity index (χ0v) is 9.63. The van der Waals surface area contributed by atoms with Crippen molar-refractivity contribution >= 4 is 23.2 Å². The maximum absolute atomic E-state index is 9.90. The number of phenolic OH excluding ortho intramolecular Hbond substituents is 1. The minimum Gasteiger partial charge on any atom is -0.508 e. The van der Waals surface area contributed by atoms with Crippen LogP contribution < -0.4 is 5.32 Å². The molecule has 1 atom stereocenters. The molecule has 0 bridgehead atoms. The first-order chi connectivity index (χ1) is 7.36. The minimum atomic E-state index is 0. The van der Waals surface area contributed by atoms with Gasteiger partial charge >= 0.3 is 0 Å². The largest absolute Gasteiger partial charge is 0.508 e. The van der Waals surface area contributed by atoms with Crippen LogP contribution in [0.2, 0.25) is 0 Å². The Balaban J connectivity index is 0.000000963. The molecule has 0 radical (unpaired) electrons. The molecule has 0 saturated carbocycles. The van der Waals surface area contributed by atoms with E-state index in [-0.39, 0.29) is 12.4 Å². The lowest BCUT2D eigenvalue weighted by molar-refractivity contribution is 0.367. The van der Waals surface area contributed by atoms with Crippen LogP contribution in [0.25, 0.3) is 10.8 Å². The van der Waals surface area contributed by atoms with Crippen molar-refractivity contribution < 1.29 is 5.11 Å². The van der Waals surface area contributed by atoms with Crippen LogP contribution in [-0.4, -0.2) is 11.7 Å². The molecule has 0 spiro atoms. The Bertz CT molecular complexity index is 508. The van der Waals surface area contributed by atoms with Gasteiger partial charge in [-0.2, -0.15) is 0 Å². The first kappa shape index (κ1) is 11.2. The maximum Gasteiger partial charge on any atom is 0.120 e. The van der Waals surface area contributed by atoms with Gasteiger partial charge in [0.15, 0.2) is 0 Å². The summed E-state index contributed by atoms with van der Waals surface area (Å²) in [5, 5.41) is 15.6. The monoisotopic (exact) mass is 235 g/mol. The van der Waals surface area contributed by atoms with E-state index in [0.29, 0.717) is 11.8 Å². The normalized spacial score (nSPS) is 18.9. The van der Waals surface area contributed by atoms with Gasteiger partial charge in [0, 0.05) is 11.6 Å². The van der Waals surface area contributed by atoms with Gasteiger partial charge in [-0.3, -0.25) is 0 Å². The molecule has 1 heterocycles. The van der Waals surface area contributed by atoms with Gasteiger partial charge in [-0.15, -0.1) is 12.4 Å². The Kier molecular flexibility index (Phi) is 3.03. The molecule has 1 aliphatic rings. The van der Waals surface area contributed by atoms with Crippen molar-refractivity contribution in [3.63, 3.8) is 0 Å². The lowest BCUT2D eigenvalue weighted by atomic mass is 9.92. The van der Waals surface area contributed by atoms with Crippen molar-refractivity contribution in [1.29, 1.82) is 0 Å². The molecule has 0 amide bonds. The Morgan fingerprint density at radius 2 is 1.88 bits per heavy atom. The average molecular weight is 236 g/mol. The van der Waals surface area contributed by atoms with Crippen LogP contribution in [0, 0.1) is 0 Å². The summed E-state index contributed by atoms with van der Waals surface area (Å²) in [6, 6.07) is 12.3. The summed E-state index contributed by atoms with van der Waals surface area (Å²) < 4.78 is 0. The Morgan fingerprint density at radius 3 is 2.56 bits per heavy atom. The molecule has 2 nitrogen and oxygen atoms in total. The van der Waals surface area contributed by atoms with Crippen molar-refractivity contribution in [1.82, 2.24) is 5.32 Å². The second-order valence-electron chi connectivity index (χ2n) is 4.01. The quantitative estimate of drug-likeness (QED) is 0.797. The van der Waals surface area contributed by atoms with E-state index in [1.165, 1.54) is 5.39 Å². The van der Waals surface area contributed by atoms with Crippen molar-refractivity contribution in [2.45, 2.75) is 12.5 Å². The third kappa shape index (κ3) is 1.64. The van der Waals surface area contributed by atoms with Crippen LogP contribution in [0.4, 0.5) is 0 Å². The average Bonchev–Trinajstić information content (AvgIpc) is 2.20. The number of nitrogens with one attached hydrogen (secondary N) is 1. The summed E-state index contributed by atoms with van der Waals surface area (Å²) in [5.41, 5.74) is 1.05. The van der Waals surface area contributed by atoms with E-state index < -0.39 is 0 Å². The van der Waals surface area contributed by atoms with Crippen LogP contribution in [0.3, 0.4) is 0 Å². The smallest absolute Gasteiger partial charge is 0.120 e. The summed E-state index contributed by atoms with van der Waals surface area (Å²) in [4.78, 5) is 0. The van der Waals surface area contributed by atoms with Gasteiger partial charge in [-0.05, 0) is 29.8 Å². The number of halogens is 1. The number of aromatic hydroxyl groups is 1. The molecule has 3 rings (SSSR count). The third-order valence-corrected chi connectivity index (χ3v) is 3.12. The van der Waals surface area contributed by atoms with Gasteiger partial charge in [-0.25, -0.2) is 0 Å². The van der Waals surface area contributed by atoms with E-state index in [0.717, 1.165) is 23.9 Å². The van der Waals surface area contributed by atoms with Crippen LogP contribution >= 0.6 is 12.4 Å². The molecule has 16 heavy (non-hydrogen) atoms. The number of phenols is 1. The van der Waals surface area contributed by atoms with E-state index in [1.807, 2.05) is 18.2 Å². The predicted molar refractivity (Wildman–Crippen MR) is 68.2 cm³/mol. The van der Waals surface area contributed by atoms with Crippen LogP contribution in [0.1, 0.15) is 18.0 Å². The number of benzene rings is 2. The van der Waals surface area contributed by atoms with Crippen molar-refractivity contribution in [3.8, 4) is 5.75 Å². The molecule has 2 N–H and O–H groups in total. The molecule has 0 aliphatic carbocycles. The summed E-state index contributed by atoms with van der Waals surface area (Å²) >= 11 is 0. The van der Waals surface area contributed by atoms with Gasteiger partial charge in [0.05, 0.1) is 0 Å². The maximum atomic E-state index is 9.90. The highest BCUT2D eigenvalue weighted by molar-refractivity contribution is 5.88. The van der Waals surface area contributed by atoms with Crippen molar-refractivity contribution in [3.05, 3.63) is 42.0 Å². The predicted octanol–water partition coefficient (Wildman–Crippen LogP) is 3.00. The first-order valence-corrected chi connectivity index (χ1v) is 5.30. The molecular weight excluding hydrogens is 222 g/mol. The first-order valence-electron chi connectivity index (χ1n) is 5.30. The van der Waals surface area contributed by atoms with Gasteiger partial charge in [0.2, 0.25) is 0 Å². The highest BCUT2D eigenvalue weighted by Gasteiger charge is 2.23. The molecular formula is C13H14ClNO. The summed E-state index contributed by atoms with van der Waals surface area (Å²) in [7, 11) is 0. The fraction of sp³-hybridized carbons (Fsp3) is 0.231. The fourth-order valence-corrected chi connectivity index (χ4v) is 2.19. The van der Waals surface area contributed by atoms with E-state index in [9.17, 15) is 5.11 Å². The Hall–Kier alpha value is -1.25. The number of fused-ring (bicyclic) bond motifs is 1. The van der Waals surface area contributed by atoms with Crippen molar-refractivity contribution in [2.24, 2.45) is 0 Å². The molecule has 84 valence electrons. The van der Waals surface area contributed by atoms with Crippen molar-refractivity contribution in [2.75, 3.05) is 6.54 Å². The highest BCUT2D eigenvalue weighted by atomic mass is 35.5. The van der Waals surface area contributed by atoms with Gasteiger partial charge in [0.1, 0.15) is 5.75 Å². The van der Waals surface area contributed by atoms with E-state index in [2.05, 4.69) is 17.4 Å². The second kappa shape index (κ2) is 4.32. The summed E-state index contributed by atoms with van der Waals surface area (Å²) in [5.74, 6) is 0.408. The third-order valence-electron chi connectivity index (χ3n) is 3.12.